The fourth-order valence-corrected chi connectivity index (χ4v) is 6.94. The number of phenols is 1. The van der Waals surface area contributed by atoms with Crippen LogP contribution >= 0.6 is 0 Å². The molecule has 37 heavy (non-hydrogen) atoms. The van der Waals surface area contributed by atoms with Crippen LogP contribution in [0.3, 0.4) is 0 Å². The van der Waals surface area contributed by atoms with Gasteiger partial charge in [-0.3, -0.25) is 24.2 Å². The van der Waals surface area contributed by atoms with Crippen LogP contribution in [0.4, 0.5) is 4.39 Å². The highest BCUT2D eigenvalue weighted by Crippen LogP contribution is 2.54. The van der Waals surface area contributed by atoms with Crippen molar-refractivity contribution >= 4 is 23.2 Å². The Balaban J connectivity index is 1.53. The summed E-state index contributed by atoms with van der Waals surface area (Å²) in [4.78, 5) is 42.5. The summed E-state index contributed by atoms with van der Waals surface area (Å²) < 4.78 is 15.8. The van der Waals surface area contributed by atoms with E-state index in [1.165, 1.54) is 19.0 Å². The number of rotatable bonds is 3. The number of ketones is 2. The summed E-state index contributed by atoms with van der Waals surface area (Å²) >= 11 is 0. The zero-order chi connectivity index (χ0) is 26.7. The van der Waals surface area contributed by atoms with Gasteiger partial charge < -0.3 is 26.2 Å². The third-order valence-electron chi connectivity index (χ3n) is 8.82. The minimum Gasteiger partial charge on any atom is -0.508 e. The molecule has 0 bridgehead atoms. The number of halogens is 1. The van der Waals surface area contributed by atoms with E-state index < -0.39 is 63.9 Å². The van der Waals surface area contributed by atoms with Crippen molar-refractivity contribution < 1.29 is 39.2 Å². The Labute approximate surface area is 211 Å². The molecule has 0 saturated heterocycles. The second kappa shape index (κ2) is 7.62. The van der Waals surface area contributed by atoms with Gasteiger partial charge >= 0.3 is 0 Å². The predicted octanol–water partition coefficient (Wildman–Crippen LogP) is 0.581. The third kappa shape index (κ3) is 2.98. The maximum Gasteiger partial charge on any atom is 0.255 e. The van der Waals surface area contributed by atoms with Gasteiger partial charge in [-0.2, -0.15) is 0 Å². The number of aliphatic hydroxyl groups is 3. The summed E-state index contributed by atoms with van der Waals surface area (Å²) in [7, 11) is 3.06. The van der Waals surface area contributed by atoms with Crippen LogP contribution in [0.25, 0.3) is 5.76 Å². The van der Waals surface area contributed by atoms with E-state index in [4.69, 9.17) is 5.73 Å². The average molecular weight is 514 g/mol. The molecule has 0 radical (unpaired) electrons. The number of hydrogen-bond acceptors (Lipinski definition) is 9. The molecule has 11 heteroatoms. The molecule has 5 aliphatic rings. The summed E-state index contributed by atoms with van der Waals surface area (Å²) in [6.45, 7) is 0.669. The minimum absolute atomic E-state index is 0.0510. The number of benzene rings is 1. The van der Waals surface area contributed by atoms with E-state index in [2.05, 4.69) is 4.90 Å². The number of phenolic OH excluding ortho intramolecular Hbond substituents is 1. The number of aromatic hydroxyl groups is 1. The number of primary amides is 1. The molecule has 4 atom stereocenters. The second-order valence-corrected chi connectivity index (χ2v) is 11.1. The van der Waals surface area contributed by atoms with Crippen LogP contribution in [0.15, 0.2) is 16.9 Å². The topological polar surface area (TPSA) is 165 Å². The molecular weight excluding hydrogens is 485 g/mol. The zero-order valence-electron chi connectivity index (χ0n) is 20.4. The number of aliphatic hydroxyl groups excluding tert-OH is 2. The van der Waals surface area contributed by atoms with Crippen molar-refractivity contribution in [2.45, 2.75) is 56.5 Å². The van der Waals surface area contributed by atoms with Gasteiger partial charge in [0.05, 0.1) is 11.6 Å². The predicted molar refractivity (Wildman–Crippen MR) is 126 cm³/mol. The van der Waals surface area contributed by atoms with Crippen LogP contribution in [0, 0.1) is 17.7 Å². The number of nitrogens with zero attached hydrogens (tertiary/aromatic N) is 2. The van der Waals surface area contributed by atoms with Crippen LogP contribution in [0.5, 0.6) is 5.75 Å². The molecule has 2 saturated carbocycles. The van der Waals surface area contributed by atoms with Crippen molar-refractivity contribution in [2.24, 2.45) is 17.6 Å². The monoisotopic (exact) mass is 513 g/mol. The first-order chi connectivity index (χ1) is 17.4. The van der Waals surface area contributed by atoms with Gasteiger partial charge in [0.15, 0.2) is 11.4 Å². The third-order valence-corrected chi connectivity index (χ3v) is 8.82. The Morgan fingerprint density at radius 3 is 2.35 bits per heavy atom. The smallest absolute Gasteiger partial charge is 0.255 e. The Morgan fingerprint density at radius 2 is 1.76 bits per heavy atom. The number of carbonyl (C=O) groups excluding carboxylic acids is 3. The summed E-state index contributed by atoms with van der Waals surface area (Å²) in [5.41, 5.74) is 2.11. The van der Waals surface area contributed by atoms with Crippen molar-refractivity contribution in [1.82, 2.24) is 9.80 Å². The number of carbonyl (C=O) groups is 3. The van der Waals surface area contributed by atoms with Crippen LogP contribution in [0.2, 0.25) is 0 Å². The van der Waals surface area contributed by atoms with E-state index in [9.17, 15) is 34.8 Å². The Bertz CT molecular complexity index is 1380. The average Bonchev–Trinajstić information content (AvgIpc) is 3.57. The molecule has 0 unspecified atom stereocenters. The largest absolute Gasteiger partial charge is 0.508 e. The fourth-order valence-electron chi connectivity index (χ4n) is 6.94. The number of nitrogens with two attached hydrogens (primary N) is 1. The standard InChI is InChI=1S/C26H28FN3O7/c1-29(2)19-14-6-9-5-11-16(20(31)13-8-30(10-3-4-10)7-12(13)18(11)27)21(32)15(9)23(34)26(14,37)24(35)17(22(19)33)25(28)36/h9-10,14,19,31-32,35,37H,3-8H2,1-2H3,(H2,28,36)/t9-,14-,19-,26-/m0/s1. The van der Waals surface area contributed by atoms with E-state index in [1.54, 1.807) is 0 Å². The van der Waals surface area contributed by atoms with Crippen LogP contribution in [-0.2, 0) is 33.9 Å². The quantitative estimate of drug-likeness (QED) is 0.364. The maximum atomic E-state index is 15.8. The van der Waals surface area contributed by atoms with Crippen molar-refractivity contribution in [1.29, 1.82) is 0 Å². The molecule has 0 spiro atoms. The van der Waals surface area contributed by atoms with E-state index in [0.29, 0.717) is 30.3 Å². The van der Waals surface area contributed by atoms with Gasteiger partial charge in [0.1, 0.15) is 28.7 Å². The van der Waals surface area contributed by atoms with E-state index in [0.717, 1.165) is 12.8 Å². The molecule has 6 N–H and O–H groups in total. The van der Waals surface area contributed by atoms with E-state index >= 15 is 4.39 Å². The normalized spacial score (nSPS) is 31.4. The van der Waals surface area contributed by atoms with Crippen molar-refractivity contribution in [3.8, 4) is 5.75 Å². The van der Waals surface area contributed by atoms with Gasteiger partial charge in [0.2, 0.25) is 5.78 Å². The fraction of sp³-hybridized carbons (Fsp3) is 0.500. The Morgan fingerprint density at radius 1 is 1.11 bits per heavy atom. The first-order valence-corrected chi connectivity index (χ1v) is 12.3. The Kier molecular flexibility index (Phi) is 4.96. The lowest BCUT2D eigenvalue weighted by Gasteiger charge is -2.50. The molecule has 1 amide bonds. The lowest BCUT2D eigenvalue weighted by atomic mass is 9.57. The molecule has 2 fully saturated rings. The van der Waals surface area contributed by atoms with Gasteiger partial charge in [0, 0.05) is 47.3 Å². The number of hydrogen-bond donors (Lipinski definition) is 5. The number of likely N-dealkylation sites (N-methyl/N-ethyl adjacent to an activating group) is 1. The maximum absolute atomic E-state index is 15.8. The van der Waals surface area contributed by atoms with Crippen molar-refractivity contribution in [2.75, 3.05) is 14.1 Å². The second-order valence-electron chi connectivity index (χ2n) is 11.1. The first-order valence-electron chi connectivity index (χ1n) is 12.3. The highest BCUT2D eigenvalue weighted by Gasteiger charge is 2.64. The molecular formula is C26H28FN3O7. The van der Waals surface area contributed by atoms with E-state index in [1.807, 2.05) is 0 Å². The molecule has 1 aromatic rings. The van der Waals surface area contributed by atoms with Crippen molar-refractivity contribution in [3.05, 3.63) is 45.0 Å². The molecule has 4 aliphatic carbocycles. The lowest BCUT2D eigenvalue weighted by Crippen LogP contribution is -2.65. The first kappa shape index (κ1) is 24.1. The van der Waals surface area contributed by atoms with Gasteiger partial charge in [-0.1, -0.05) is 0 Å². The van der Waals surface area contributed by atoms with Gasteiger partial charge in [-0.05, 0) is 45.7 Å². The highest BCUT2D eigenvalue weighted by atomic mass is 19.1. The molecule has 1 heterocycles. The van der Waals surface area contributed by atoms with E-state index in [-0.39, 0.29) is 35.3 Å². The molecule has 196 valence electrons. The summed E-state index contributed by atoms with van der Waals surface area (Å²) in [5, 5.41) is 44.9. The Hall–Kier alpha value is -3.28. The molecule has 6 rings (SSSR count). The molecule has 0 aromatic heterocycles. The van der Waals surface area contributed by atoms with Crippen molar-refractivity contribution in [3.63, 3.8) is 0 Å². The number of amides is 1. The molecule has 10 nitrogen and oxygen atoms in total. The number of Topliss-reactive ketones (excluding diaryl/α,β-unsaturated/α-hetero) is 2. The van der Waals surface area contributed by atoms with Gasteiger partial charge in [0.25, 0.3) is 5.91 Å². The van der Waals surface area contributed by atoms with Crippen LogP contribution in [-0.4, -0.2) is 79.5 Å². The molecule has 1 aromatic carbocycles. The molecule has 1 aliphatic heterocycles. The summed E-state index contributed by atoms with van der Waals surface area (Å²) in [6, 6.07) is -0.853. The lowest BCUT2D eigenvalue weighted by molar-refractivity contribution is -0.153. The highest BCUT2D eigenvalue weighted by molar-refractivity contribution is 6.24. The summed E-state index contributed by atoms with van der Waals surface area (Å²) in [6.07, 6.45) is 1.87. The van der Waals surface area contributed by atoms with Gasteiger partial charge in [-0.25, -0.2) is 4.39 Å². The van der Waals surface area contributed by atoms with Crippen LogP contribution in [0.1, 0.15) is 41.5 Å². The number of fused-ring (bicyclic) bond motifs is 4. The zero-order valence-corrected chi connectivity index (χ0v) is 20.4. The van der Waals surface area contributed by atoms with Gasteiger partial charge in [-0.15, -0.1) is 0 Å². The van der Waals surface area contributed by atoms with Crippen LogP contribution < -0.4 is 5.73 Å². The SMILES string of the molecule is CN(C)[C@@H]1C(=O)C(C(N)=O)=C(O)[C@@]2(O)C(=O)C3=C(O)c4c(O)c5c(c(F)c4C[C@H]3C[C@@H]12)CN(C1CC1)C5. The minimum atomic E-state index is -2.71. The summed E-state index contributed by atoms with van der Waals surface area (Å²) in [5.74, 6) is -7.86.